The first-order chi connectivity index (χ1) is 7.37. The molecule has 94 valence electrons. The van der Waals surface area contributed by atoms with Crippen LogP contribution in [0.2, 0.25) is 0 Å². The second kappa shape index (κ2) is 6.94. The lowest BCUT2D eigenvalue weighted by Gasteiger charge is -2.14. The van der Waals surface area contributed by atoms with Crippen molar-refractivity contribution >= 4 is 12.0 Å². The van der Waals surface area contributed by atoms with E-state index in [4.69, 9.17) is 10.2 Å². The molecule has 0 fully saturated rings. The SMILES string of the molecule is O=C(O)CCCNC(=O)NCC(F)(F)CO. The molecule has 0 spiro atoms. The molecule has 2 amide bonds. The predicted octanol–water partition coefficient (Wildman–Crippen LogP) is -0.222. The fraction of sp³-hybridized carbons (Fsp3) is 0.750. The van der Waals surface area contributed by atoms with Crippen molar-refractivity contribution in [3.8, 4) is 0 Å². The lowest BCUT2D eigenvalue weighted by molar-refractivity contribution is -0.137. The van der Waals surface area contributed by atoms with Crippen molar-refractivity contribution in [1.29, 1.82) is 0 Å². The second-order valence-corrected chi connectivity index (χ2v) is 3.12. The maximum Gasteiger partial charge on any atom is 0.314 e. The van der Waals surface area contributed by atoms with Crippen LogP contribution in [0.15, 0.2) is 0 Å². The summed E-state index contributed by atoms with van der Waals surface area (Å²) in [5.41, 5.74) is 0. The first-order valence-electron chi connectivity index (χ1n) is 4.59. The highest BCUT2D eigenvalue weighted by Crippen LogP contribution is 2.09. The third-order valence-electron chi connectivity index (χ3n) is 1.59. The minimum atomic E-state index is -3.35. The highest BCUT2D eigenvalue weighted by atomic mass is 19.3. The number of hydrogen-bond acceptors (Lipinski definition) is 3. The van der Waals surface area contributed by atoms with Crippen LogP contribution in [-0.4, -0.2) is 47.8 Å². The van der Waals surface area contributed by atoms with Gasteiger partial charge in [0.15, 0.2) is 0 Å². The van der Waals surface area contributed by atoms with Crippen molar-refractivity contribution in [3.05, 3.63) is 0 Å². The molecule has 0 rings (SSSR count). The molecule has 0 saturated heterocycles. The van der Waals surface area contributed by atoms with E-state index in [9.17, 15) is 18.4 Å². The summed E-state index contributed by atoms with van der Waals surface area (Å²) < 4.78 is 24.9. The van der Waals surface area contributed by atoms with Crippen LogP contribution in [0.1, 0.15) is 12.8 Å². The van der Waals surface area contributed by atoms with Crippen LogP contribution in [0.3, 0.4) is 0 Å². The summed E-state index contributed by atoms with van der Waals surface area (Å²) >= 11 is 0. The molecule has 0 aromatic carbocycles. The number of hydrogen-bond donors (Lipinski definition) is 4. The van der Waals surface area contributed by atoms with Crippen LogP contribution in [-0.2, 0) is 4.79 Å². The van der Waals surface area contributed by atoms with E-state index >= 15 is 0 Å². The van der Waals surface area contributed by atoms with Gasteiger partial charge in [-0.25, -0.2) is 13.6 Å². The zero-order chi connectivity index (χ0) is 12.6. The molecule has 6 nitrogen and oxygen atoms in total. The van der Waals surface area contributed by atoms with Gasteiger partial charge in [-0.1, -0.05) is 0 Å². The number of aliphatic carboxylic acids is 1. The molecule has 0 aliphatic heterocycles. The monoisotopic (exact) mass is 240 g/mol. The summed E-state index contributed by atoms with van der Waals surface area (Å²) in [6, 6.07) is -0.821. The summed E-state index contributed by atoms with van der Waals surface area (Å²) in [5, 5.41) is 20.5. The van der Waals surface area contributed by atoms with Crippen LogP contribution in [0.5, 0.6) is 0 Å². The van der Waals surface area contributed by atoms with Gasteiger partial charge in [0.25, 0.3) is 5.92 Å². The molecule has 0 unspecified atom stereocenters. The fourth-order valence-corrected chi connectivity index (χ4v) is 0.770. The lowest BCUT2D eigenvalue weighted by Crippen LogP contribution is -2.44. The van der Waals surface area contributed by atoms with E-state index in [1.165, 1.54) is 0 Å². The predicted molar refractivity (Wildman–Crippen MR) is 50.3 cm³/mol. The smallest absolute Gasteiger partial charge is 0.314 e. The molecule has 0 radical (unpaired) electrons. The normalized spacial score (nSPS) is 10.9. The number of nitrogens with one attached hydrogen (secondary N) is 2. The van der Waals surface area contributed by atoms with Crippen LogP contribution < -0.4 is 10.6 Å². The van der Waals surface area contributed by atoms with E-state index in [-0.39, 0.29) is 19.4 Å². The second-order valence-electron chi connectivity index (χ2n) is 3.12. The van der Waals surface area contributed by atoms with Gasteiger partial charge in [0.05, 0.1) is 6.54 Å². The largest absolute Gasteiger partial charge is 0.481 e. The highest BCUT2D eigenvalue weighted by Gasteiger charge is 2.27. The number of carboxylic acid groups (broad SMARTS) is 1. The highest BCUT2D eigenvalue weighted by molar-refractivity contribution is 5.74. The van der Waals surface area contributed by atoms with Gasteiger partial charge in [0, 0.05) is 13.0 Å². The summed E-state index contributed by atoms with van der Waals surface area (Å²) in [6.45, 7) is -2.22. The number of rotatable bonds is 7. The van der Waals surface area contributed by atoms with Gasteiger partial charge in [-0.05, 0) is 6.42 Å². The molecule has 0 aliphatic carbocycles. The van der Waals surface area contributed by atoms with Gasteiger partial charge in [-0.2, -0.15) is 0 Å². The fourth-order valence-electron chi connectivity index (χ4n) is 0.770. The Kier molecular flexibility index (Phi) is 6.31. The van der Waals surface area contributed by atoms with E-state index < -0.39 is 31.1 Å². The molecule has 16 heavy (non-hydrogen) atoms. The van der Waals surface area contributed by atoms with E-state index in [1.807, 2.05) is 5.32 Å². The van der Waals surface area contributed by atoms with E-state index in [0.29, 0.717) is 0 Å². The molecule has 0 aliphatic rings. The number of urea groups is 1. The topological polar surface area (TPSA) is 98.7 Å². The van der Waals surface area contributed by atoms with Crippen LogP contribution >= 0.6 is 0 Å². The van der Waals surface area contributed by atoms with Crippen LogP contribution in [0, 0.1) is 0 Å². The number of carboxylic acids is 1. The molecule has 0 heterocycles. The Labute approximate surface area is 90.6 Å². The quantitative estimate of drug-likeness (QED) is 0.462. The Hall–Kier alpha value is -1.44. The number of aliphatic hydroxyl groups excluding tert-OH is 1. The number of carbonyl (C=O) groups excluding carboxylic acids is 1. The lowest BCUT2D eigenvalue weighted by atomic mass is 10.3. The summed E-state index contributed by atoms with van der Waals surface area (Å²) in [6.07, 6.45) is 0.117. The zero-order valence-electron chi connectivity index (χ0n) is 8.50. The van der Waals surface area contributed by atoms with E-state index in [1.54, 1.807) is 0 Å². The first kappa shape index (κ1) is 14.6. The Bertz CT molecular complexity index is 248. The molecule has 4 N–H and O–H groups in total. The summed E-state index contributed by atoms with van der Waals surface area (Å²) in [4.78, 5) is 21.0. The average Bonchev–Trinajstić information content (AvgIpc) is 2.21. The van der Waals surface area contributed by atoms with Crippen LogP contribution in [0.4, 0.5) is 13.6 Å². The molecule has 8 heteroatoms. The van der Waals surface area contributed by atoms with E-state index in [0.717, 1.165) is 0 Å². The van der Waals surface area contributed by atoms with Gasteiger partial charge in [-0.15, -0.1) is 0 Å². The third kappa shape index (κ3) is 7.92. The van der Waals surface area contributed by atoms with Crippen molar-refractivity contribution in [2.45, 2.75) is 18.8 Å². The number of aliphatic hydroxyl groups is 1. The molecule has 0 saturated carbocycles. The van der Waals surface area contributed by atoms with Gasteiger partial charge in [0.2, 0.25) is 0 Å². The number of amides is 2. The maximum atomic E-state index is 12.4. The van der Waals surface area contributed by atoms with Crippen molar-refractivity contribution < 1.29 is 28.6 Å². The zero-order valence-corrected chi connectivity index (χ0v) is 8.50. The van der Waals surface area contributed by atoms with Gasteiger partial charge in [0.1, 0.15) is 6.61 Å². The van der Waals surface area contributed by atoms with Crippen LogP contribution in [0.25, 0.3) is 0 Å². The molecular formula is C8H14F2N2O4. The van der Waals surface area contributed by atoms with Gasteiger partial charge in [-0.3, -0.25) is 4.79 Å². The van der Waals surface area contributed by atoms with Crippen molar-refractivity contribution in [3.63, 3.8) is 0 Å². The van der Waals surface area contributed by atoms with Gasteiger partial charge >= 0.3 is 12.0 Å². The first-order valence-corrected chi connectivity index (χ1v) is 4.59. The third-order valence-corrected chi connectivity index (χ3v) is 1.59. The molecular weight excluding hydrogens is 226 g/mol. The number of halogens is 2. The summed E-state index contributed by atoms with van der Waals surface area (Å²) in [5.74, 6) is -4.34. The minimum Gasteiger partial charge on any atom is -0.481 e. The van der Waals surface area contributed by atoms with Gasteiger partial charge < -0.3 is 20.8 Å². The Morgan fingerprint density at radius 2 is 1.88 bits per heavy atom. The number of carbonyl (C=O) groups is 2. The average molecular weight is 240 g/mol. The maximum absolute atomic E-state index is 12.4. The standard InChI is InChI=1S/C8H14F2N2O4/c9-8(10,5-13)4-12-7(16)11-3-1-2-6(14)15/h13H,1-5H2,(H,14,15)(H2,11,12,16). The minimum absolute atomic E-state index is 0.0861. The Morgan fingerprint density at radius 1 is 1.25 bits per heavy atom. The molecule has 0 atom stereocenters. The number of alkyl halides is 2. The van der Waals surface area contributed by atoms with E-state index in [2.05, 4.69) is 5.32 Å². The molecule has 0 aromatic heterocycles. The Balaban J connectivity index is 3.56. The van der Waals surface area contributed by atoms with Crippen molar-refractivity contribution in [2.24, 2.45) is 0 Å². The molecule has 0 aromatic rings. The van der Waals surface area contributed by atoms with Crippen molar-refractivity contribution in [1.82, 2.24) is 10.6 Å². The van der Waals surface area contributed by atoms with Crippen molar-refractivity contribution in [2.75, 3.05) is 19.7 Å². The molecule has 0 bridgehead atoms. The summed E-state index contributed by atoms with van der Waals surface area (Å²) in [7, 11) is 0. The Morgan fingerprint density at radius 3 is 2.38 bits per heavy atom.